The van der Waals surface area contributed by atoms with Crippen molar-refractivity contribution in [3.8, 4) is 17.2 Å². The molecular formula is C26H34N2O6. The molecule has 1 N–H and O–H groups in total. The second-order valence-corrected chi connectivity index (χ2v) is 8.46. The third kappa shape index (κ3) is 6.20. The molecule has 0 radical (unpaired) electrons. The van der Waals surface area contributed by atoms with Crippen molar-refractivity contribution in [2.24, 2.45) is 0 Å². The molecule has 2 aliphatic heterocycles. The summed E-state index contributed by atoms with van der Waals surface area (Å²) >= 11 is 0. The van der Waals surface area contributed by atoms with Gasteiger partial charge in [0.15, 0.2) is 11.5 Å². The number of nitrogens with one attached hydrogen (secondary N) is 1. The zero-order chi connectivity index (χ0) is 23.8. The lowest BCUT2D eigenvalue weighted by molar-refractivity contribution is 0.0162. The molecule has 8 nitrogen and oxygen atoms in total. The van der Waals surface area contributed by atoms with Crippen LogP contribution < -0.4 is 19.5 Å². The fraction of sp³-hybridized carbons (Fsp3) is 0.500. The highest BCUT2D eigenvalue weighted by molar-refractivity contribution is 5.94. The van der Waals surface area contributed by atoms with Crippen LogP contribution in [0.2, 0.25) is 0 Å². The topological polar surface area (TPSA) is 78.5 Å². The highest BCUT2D eigenvalue weighted by atomic mass is 16.5. The molecule has 1 amide bonds. The van der Waals surface area contributed by atoms with Crippen LogP contribution in [0.1, 0.15) is 34.8 Å². The summed E-state index contributed by atoms with van der Waals surface area (Å²) < 4.78 is 27.9. The minimum absolute atomic E-state index is 0.0217. The number of carbonyl (C=O) groups is 1. The van der Waals surface area contributed by atoms with Gasteiger partial charge in [-0.05, 0) is 48.7 Å². The van der Waals surface area contributed by atoms with Crippen LogP contribution in [0.4, 0.5) is 0 Å². The van der Waals surface area contributed by atoms with E-state index in [1.807, 2.05) is 30.3 Å². The number of benzene rings is 2. The number of amides is 1. The summed E-state index contributed by atoms with van der Waals surface area (Å²) in [5, 5.41) is 3.11. The second-order valence-electron chi connectivity index (χ2n) is 8.46. The van der Waals surface area contributed by atoms with Crippen LogP contribution >= 0.6 is 0 Å². The number of ether oxygens (including phenoxy) is 5. The first-order chi connectivity index (χ1) is 16.7. The van der Waals surface area contributed by atoms with Crippen LogP contribution in [0, 0.1) is 0 Å². The van der Waals surface area contributed by atoms with Crippen LogP contribution in [0.3, 0.4) is 0 Å². The molecule has 34 heavy (non-hydrogen) atoms. The number of carbonyl (C=O) groups excluding carboxylic acids is 1. The van der Waals surface area contributed by atoms with E-state index in [2.05, 4.69) is 10.2 Å². The van der Waals surface area contributed by atoms with E-state index in [-0.39, 0.29) is 18.1 Å². The maximum Gasteiger partial charge on any atom is 0.251 e. The van der Waals surface area contributed by atoms with Crippen LogP contribution in [0.25, 0.3) is 0 Å². The van der Waals surface area contributed by atoms with Gasteiger partial charge in [-0.3, -0.25) is 9.69 Å². The van der Waals surface area contributed by atoms with Crippen molar-refractivity contribution < 1.29 is 28.5 Å². The average Bonchev–Trinajstić information content (AvgIpc) is 3.42. The lowest BCUT2D eigenvalue weighted by Gasteiger charge is -2.35. The number of rotatable bonds is 10. The molecule has 0 saturated carbocycles. The molecule has 4 rings (SSSR count). The molecule has 2 aromatic carbocycles. The fourth-order valence-electron chi connectivity index (χ4n) is 4.39. The van der Waals surface area contributed by atoms with Gasteiger partial charge in [0.2, 0.25) is 0 Å². The molecule has 2 aliphatic rings. The van der Waals surface area contributed by atoms with Gasteiger partial charge >= 0.3 is 0 Å². The summed E-state index contributed by atoms with van der Waals surface area (Å²) in [7, 11) is 3.25. The molecule has 0 spiro atoms. The second kappa shape index (κ2) is 12.1. The molecule has 184 valence electrons. The number of hydrogen-bond donors (Lipinski definition) is 1. The van der Waals surface area contributed by atoms with Crippen LogP contribution in [-0.2, 0) is 9.47 Å². The van der Waals surface area contributed by atoms with Gasteiger partial charge in [0.05, 0.1) is 39.6 Å². The van der Waals surface area contributed by atoms with Crippen molar-refractivity contribution in [2.45, 2.75) is 25.0 Å². The smallest absolute Gasteiger partial charge is 0.251 e. The van der Waals surface area contributed by atoms with E-state index in [9.17, 15) is 4.79 Å². The van der Waals surface area contributed by atoms with Crippen molar-refractivity contribution in [1.82, 2.24) is 10.2 Å². The Bertz CT molecular complexity index is 941. The van der Waals surface area contributed by atoms with Crippen molar-refractivity contribution in [1.29, 1.82) is 0 Å². The van der Waals surface area contributed by atoms with E-state index in [0.717, 1.165) is 38.1 Å². The first kappa shape index (κ1) is 24.3. The van der Waals surface area contributed by atoms with E-state index >= 15 is 0 Å². The van der Waals surface area contributed by atoms with Crippen LogP contribution in [0.15, 0.2) is 42.5 Å². The van der Waals surface area contributed by atoms with Gasteiger partial charge in [0.25, 0.3) is 5.91 Å². The molecule has 0 aromatic heterocycles. The molecular weight excluding hydrogens is 436 g/mol. The largest absolute Gasteiger partial charge is 0.493 e. The molecule has 2 aromatic rings. The Morgan fingerprint density at radius 2 is 1.91 bits per heavy atom. The third-order valence-electron chi connectivity index (χ3n) is 6.29. The van der Waals surface area contributed by atoms with Crippen LogP contribution in [-0.4, -0.2) is 77.2 Å². The maximum absolute atomic E-state index is 13.0. The first-order valence-corrected chi connectivity index (χ1v) is 11.8. The van der Waals surface area contributed by atoms with E-state index < -0.39 is 0 Å². The number of hydrogen-bond acceptors (Lipinski definition) is 7. The quantitative estimate of drug-likeness (QED) is 0.572. The molecule has 8 heteroatoms. The normalized spacial score (nSPS) is 19.4. The Balaban J connectivity index is 1.43. The average molecular weight is 471 g/mol. The molecule has 2 saturated heterocycles. The van der Waals surface area contributed by atoms with Gasteiger partial charge in [-0.2, -0.15) is 0 Å². The lowest BCUT2D eigenvalue weighted by Crippen LogP contribution is -2.43. The number of morpholine rings is 1. The van der Waals surface area contributed by atoms with Gasteiger partial charge < -0.3 is 29.0 Å². The monoisotopic (exact) mass is 470 g/mol. The molecule has 2 fully saturated rings. The van der Waals surface area contributed by atoms with E-state index in [1.54, 1.807) is 26.4 Å². The van der Waals surface area contributed by atoms with Crippen LogP contribution in [0.5, 0.6) is 17.2 Å². The zero-order valence-corrected chi connectivity index (χ0v) is 20.0. The highest BCUT2D eigenvalue weighted by Crippen LogP contribution is 2.32. The third-order valence-corrected chi connectivity index (χ3v) is 6.29. The summed E-state index contributed by atoms with van der Waals surface area (Å²) in [4.78, 5) is 15.3. The summed E-state index contributed by atoms with van der Waals surface area (Å²) in [5.41, 5.74) is 1.62. The predicted molar refractivity (Wildman–Crippen MR) is 128 cm³/mol. The van der Waals surface area contributed by atoms with E-state index in [0.29, 0.717) is 49.2 Å². The maximum atomic E-state index is 13.0. The highest BCUT2D eigenvalue weighted by Gasteiger charge is 2.25. The van der Waals surface area contributed by atoms with Crippen molar-refractivity contribution in [2.75, 3.05) is 60.3 Å². The van der Waals surface area contributed by atoms with Gasteiger partial charge in [-0.1, -0.05) is 12.1 Å². The minimum atomic E-state index is -0.138. The summed E-state index contributed by atoms with van der Waals surface area (Å²) in [6.07, 6.45) is 2.22. The minimum Gasteiger partial charge on any atom is -0.493 e. The zero-order valence-electron chi connectivity index (χ0n) is 20.0. The Morgan fingerprint density at radius 3 is 2.65 bits per heavy atom. The standard InChI is InChI=1S/C26H34N2O6/c1-30-24-9-8-19(16-25(24)31-2)23(28-10-13-32-14-11-28)17-27-26(29)20-5-3-6-21(15-20)34-18-22-7-4-12-33-22/h3,5-6,8-9,15-16,22-23H,4,7,10-14,17-18H2,1-2H3,(H,27,29). The van der Waals surface area contributed by atoms with E-state index in [4.69, 9.17) is 23.7 Å². The SMILES string of the molecule is COc1ccc(C(CNC(=O)c2cccc(OCC3CCCO3)c2)N2CCOCC2)cc1OC. The number of nitrogens with zero attached hydrogens (tertiary/aromatic N) is 1. The molecule has 2 unspecified atom stereocenters. The van der Waals surface area contributed by atoms with Gasteiger partial charge in [0, 0.05) is 31.8 Å². The fourth-order valence-corrected chi connectivity index (χ4v) is 4.39. The van der Waals surface area contributed by atoms with E-state index in [1.165, 1.54) is 0 Å². The Hall–Kier alpha value is -2.81. The number of methoxy groups -OCH3 is 2. The van der Waals surface area contributed by atoms with Gasteiger partial charge in [-0.25, -0.2) is 0 Å². The summed E-state index contributed by atoms with van der Waals surface area (Å²) in [5.74, 6) is 1.88. The predicted octanol–water partition coefficient (Wildman–Crippen LogP) is 3.06. The lowest BCUT2D eigenvalue weighted by atomic mass is 10.0. The van der Waals surface area contributed by atoms with Crippen molar-refractivity contribution in [3.63, 3.8) is 0 Å². The molecule has 2 atom stereocenters. The Morgan fingerprint density at radius 1 is 1.09 bits per heavy atom. The van der Waals surface area contributed by atoms with Crippen molar-refractivity contribution in [3.05, 3.63) is 53.6 Å². The summed E-state index contributed by atoms with van der Waals surface area (Å²) in [6, 6.07) is 13.2. The Kier molecular flexibility index (Phi) is 8.62. The van der Waals surface area contributed by atoms with Crippen molar-refractivity contribution >= 4 is 5.91 Å². The van der Waals surface area contributed by atoms with Gasteiger partial charge in [0.1, 0.15) is 12.4 Å². The molecule has 2 heterocycles. The molecule has 0 aliphatic carbocycles. The Labute approximate surface area is 201 Å². The molecule has 0 bridgehead atoms. The first-order valence-electron chi connectivity index (χ1n) is 11.8. The summed E-state index contributed by atoms with van der Waals surface area (Å²) in [6.45, 7) is 4.67. The van der Waals surface area contributed by atoms with Gasteiger partial charge in [-0.15, -0.1) is 0 Å².